The van der Waals surface area contributed by atoms with Crippen molar-refractivity contribution in [3.63, 3.8) is 0 Å². The van der Waals surface area contributed by atoms with Gasteiger partial charge in [0.25, 0.3) is 0 Å². The minimum absolute atomic E-state index is 0.0244. The Labute approximate surface area is 117 Å². The normalized spacial score (nSPS) is 13.2. The Bertz CT molecular complexity index is 669. The highest BCUT2D eigenvalue weighted by molar-refractivity contribution is 7.89. The molecule has 0 radical (unpaired) electrons. The number of carboxylic acid groups (broad SMARTS) is 1. The molecule has 0 aromatic carbocycles. The van der Waals surface area contributed by atoms with Crippen LogP contribution >= 0.6 is 0 Å². The second kappa shape index (κ2) is 5.64. The van der Waals surface area contributed by atoms with E-state index in [0.717, 1.165) is 4.31 Å². The van der Waals surface area contributed by atoms with Gasteiger partial charge in [0.05, 0.1) is 12.0 Å². The summed E-state index contributed by atoms with van der Waals surface area (Å²) in [4.78, 5) is 10.9. The molecule has 0 aliphatic rings. The van der Waals surface area contributed by atoms with Crippen LogP contribution in [0.3, 0.4) is 0 Å². The third-order valence-electron chi connectivity index (χ3n) is 2.84. The maximum Gasteiger partial charge on any atom is 0.340 e. The zero-order chi connectivity index (χ0) is 15.7. The first-order valence-corrected chi connectivity index (χ1v) is 7.26. The van der Waals surface area contributed by atoms with Crippen LogP contribution in [0.2, 0.25) is 0 Å². The van der Waals surface area contributed by atoms with Gasteiger partial charge in [-0.05, 0) is 20.8 Å². The summed E-state index contributed by atoms with van der Waals surface area (Å²) in [5.74, 6) is -1.80. The molecule has 0 saturated heterocycles. The largest absolute Gasteiger partial charge is 0.478 e. The molecule has 0 saturated carbocycles. The van der Waals surface area contributed by atoms with E-state index in [0.29, 0.717) is 0 Å². The fraction of sp³-hybridized carbons (Fsp3) is 0.500. The number of aromatic carboxylic acids is 1. The second-order valence-corrected chi connectivity index (χ2v) is 6.52. The Balaban J connectivity index is 3.37. The third-order valence-corrected chi connectivity index (χ3v) is 4.82. The SMILES string of the molecule is Cc1oc(C)c(S(=O)(=O)N(C)CC(C)C#N)c1C(=O)O. The van der Waals surface area contributed by atoms with Gasteiger partial charge in [0, 0.05) is 13.6 Å². The van der Waals surface area contributed by atoms with Gasteiger partial charge >= 0.3 is 5.97 Å². The second-order valence-electron chi connectivity index (χ2n) is 4.54. The number of rotatable bonds is 5. The first kappa shape index (κ1) is 16.2. The molecule has 7 nitrogen and oxygen atoms in total. The molecular weight excluding hydrogens is 284 g/mol. The van der Waals surface area contributed by atoms with E-state index in [2.05, 4.69) is 0 Å². The number of furan rings is 1. The molecule has 20 heavy (non-hydrogen) atoms. The maximum absolute atomic E-state index is 12.4. The summed E-state index contributed by atoms with van der Waals surface area (Å²) < 4.78 is 31.0. The van der Waals surface area contributed by atoms with Crippen molar-refractivity contribution in [1.82, 2.24) is 4.31 Å². The zero-order valence-electron chi connectivity index (χ0n) is 11.7. The van der Waals surface area contributed by atoms with Crippen LogP contribution in [-0.4, -0.2) is 37.4 Å². The highest BCUT2D eigenvalue weighted by Gasteiger charge is 2.34. The van der Waals surface area contributed by atoms with Crippen molar-refractivity contribution in [2.24, 2.45) is 5.92 Å². The highest BCUT2D eigenvalue weighted by Crippen LogP contribution is 2.29. The number of aryl methyl sites for hydroxylation is 2. The number of carbonyl (C=O) groups is 1. The molecule has 0 bridgehead atoms. The van der Waals surface area contributed by atoms with Crippen LogP contribution < -0.4 is 0 Å². The van der Waals surface area contributed by atoms with E-state index in [1.54, 1.807) is 6.92 Å². The van der Waals surface area contributed by atoms with Crippen LogP contribution in [0.1, 0.15) is 28.8 Å². The van der Waals surface area contributed by atoms with Crippen molar-refractivity contribution in [3.05, 3.63) is 17.1 Å². The predicted molar refractivity (Wildman–Crippen MR) is 69.7 cm³/mol. The number of sulfonamides is 1. The van der Waals surface area contributed by atoms with Gasteiger partial charge in [-0.1, -0.05) is 0 Å². The molecule has 0 fully saturated rings. The minimum atomic E-state index is -4.02. The summed E-state index contributed by atoms with van der Waals surface area (Å²) in [6, 6.07) is 1.93. The third kappa shape index (κ3) is 2.84. The van der Waals surface area contributed by atoms with Crippen LogP contribution in [0, 0.1) is 31.1 Å². The molecule has 1 unspecified atom stereocenters. The Morgan fingerprint density at radius 1 is 1.45 bits per heavy atom. The summed E-state index contributed by atoms with van der Waals surface area (Å²) in [5, 5.41) is 17.9. The number of carboxylic acids is 1. The lowest BCUT2D eigenvalue weighted by molar-refractivity contribution is 0.0691. The molecule has 1 aromatic heterocycles. The van der Waals surface area contributed by atoms with E-state index in [-0.39, 0.29) is 28.5 Å². The first-order chi connectivity index (χ1) is 9.12. The molecule has 0 aliphatic heterocycles. The van der Waals surface area contributed by atoms with Crippen LogP contribution in [-0.2, 0) is 10.0 Å². The van der Waals surface area contributed by atoms with Crippen LogP contribution in [0.25, 0.3) is 0 Å². The Hall–Kier alpha value is -1.85. The van der Waals surface area contributed by atoms with Gasteiger partial charge in [0.15, 0.2) is 0 Å². The van der Waals surface area contributed by atoms with Crippen molar-refractivity contribution in [2.75, 3.05) is 13.6 Å². The van der Waals surface area contributed by atoms with Crippen LogP contribution in [0.4, 0.5) is 0 Å². The molecule has 1 rings (SSSR count). The van der Waals surface area contributed by atoms with Crippen molar-refractivity contribution in [1.29, 1.82) is 5.26 Å². The lowest BCUT2D eigenvalue weighted by Gasteiger charge is -2.18. The molecule has 1 atom stereocenters. The predicted octanol–water partition coefficient (Wildman–Crippen LogP) is 1.37. The van der Waals surface area contributed by atoms with Crippen molar-refractivity contribution in [3.8, 4) is 6.07 Å². The topological polar surface area (TPSA) is 112 Å². The maximum atomic E-state index is 12.4. The first-order valence-electron chi connectivity index (χ1n) is 5.82. The number of nitrogens with zero attached hydrogens (tertiary/aromatic N) is 2. The van der Waals surface area contributed by atoms with Gasteiger partial charge < -0.3 is 9.52 Å². The lowest BCUT2D eigenvalue weighted by atomic mass is 10.2. The van der Waals surface area contributed by atoms with Gasteiger partial charge in [0.2, 0.25) is 10.0 Å². The fourth-order valence-corrected chi connectivity index (χ4v) is 3.53. The average molecular weight is 300 g/mol. The van der Waals surface area contributed by atoms with Crippen LogP contribution in [0.5, 0.6) is 0 Å². The van der Waals surface area contributed by atoms with E-state index < -0.39 is 21.9 Å². The molecule has 1 heterocycles. The Kier molecular flexibility index (Phi) is 4.57. The number of nitriles is 1. The van der Waals surface area contributed by atoms with Crippen molar-refractivity contribution < 1.29 is 22.7 Å². The molecule has 110 valence electrons. The van der Waals surface area contributed by atoms with E-state index in [9.17, 15) is 13.2 Å². The van der Waals surface area contributed by atoms with E-state index >= 15 is 0 Å². The molecule has 1 aromatic rings. The molecular formula is C12H16N2O5S. The monoisotopic (exact) mass is 300 g/mol. The Morgan fingerprint density at radius 2 is 2.00 bits per heavy atom. The lowest BCUT2D eigenvalue weighted by Crippen LogP contribution is -2.32. The standard InChI is InChI=1S/C12H16N2O5S/c1-7(5-13)6-14(4)20(17,18)11-9(3)19-8(2)10(11)12(15)16/h7H,6H2,1-4H3,(H,15,16). The quantitative estimate of drug-likeness (QED) is 0.879. The number of hydrogen-bond donors (Lipinski definition) is 1. The van der Waals surface area contributed by atoms with Gasteiger partial charge in [0.1, 0.15) is 22.0 Å². The molecule has 0 aliphatic carbocycles. The van der Waals surface area contributed by atoms with Gasteiger partial charge in [-0.3, -0.25) is 0 Å². The van der Waals surface area contributed by atoms with E-state index in [4.69, 9.17) is 14.8 Å². The molecule has 0 amide bonds. The highest BCUT2D eigenvalue weighted by atomic mass is 32.2. The van der Waals surface area contributed by atoms with Gasteiger partial charge in [-0.25, -0.2) is 13.2 Å². The number of hydrogen-bond acceptors (Lipinski definition) is 5. The van der Waals surface area contributed by atoms with Gasteiger partial charge in [-0.2, -0.15) is 9.57 Å². The summed E-state index contributed by atoms with van der Waals surface area (Å²) in [6.07, 6.45) is 0. The molecule has 1 N–H and O–H groups in total. The molecule has 8 heteroatoms. The summed E-state index contributed by atoms with van der Waals surface area (Å²) >= 11 is 0. The van der Waals surface area contributed by atoms with E-state index in [1.807, 2.05) is 6.07 Å². The fourth-order valence-electron chi connectivity index (χ4n) is 1.90. The minimum Gasteiger partial charge on any atom is -0.478 e. The van der Waals surface area contributed by atoms with Crippen molar-refractivity contribution >= 4 is 16.0 Å². The Morgan fingerprint density at radius 3 is 2.45 bits per heavy atom. The summed E-state index contributed by atoms with van der Waals surface area (Å²) in [5.41, 5.74) is -0.362. The smallest absolute Gasteiger partial charge is 0.340 e. The zero-order valence-corrected chi connectivity index (χ0v) is 12.5. The van der Waals surface area contributed by atoms with Crippen molar-refractivity contribution in [2.45, 2.75) is 25.7 Å². The van der Waals surface area contributed by atoms with Crippen LogP contribution in [0.15, 0.2) is 9.31 Å². The molecule has 0 spiro atoms. The van der Waals surface area contributed by atoms with E-state index in [1.165, 1.54) is 20.9 Å². The summed E-state index contributed by atoms with van der Waals surface area (Å²) in [7, 11) is -2.72. The van der Waals surface area contributed by atoms with Gasteiger partial charge in [-0.15, -0.1) is 0 Å². The summed E-state index contributed by atoms with van der Waals surface area (Å²) in [6.45, 7) is 4.35. The average Bonchev–Trinajstić information content (AvgIpc) is 2.64.